The van der Waals surface area contributed by atoms with Crippen LogP contribution in [0.5, 0.6) is 0 Å². The van der Waals surface area contributed by atoms with Crippen LogP contribution in [0.3, 0.4) is 0 Å². The maximum absolute atomic E-state index is 6.34. The Morgan fingerprint density at radius 1 is 1.35 bits per heavy atom. The molecular weight excluding hydrogens is 270 g/mol. The van der Waals surface area contributed by atoms with Gasteiger partial charge in [0, 0.05) is 37.4 Å². The summed E-state index contributed by atoms with van der Waals surface area (Å²) in [6, 6.07) is 8.13. The third kappa shape index (κ3) is 3.84. The Hall–Kier alpha value is -1.32. The number of aryl methyl sites for hydroxylation is 2. The normalized spacial score (nSPS) is 12.6. The average molecular weight is 292 g/mol. The second kappa shape index (κ2) is 7.46. The van der Waals surface area contributed by atoms with Gasteiger partial charge >= 0.3 is 0 Å². The third-order valence-electron chi connectivity index (χ3n) is 3.62. The van der Waals surface area contributed by atoms with Crippen molar-refractivity contribution in [3.63, 3.8) is 0 Å². The van der Waals surface area contributed by atoms with Crippen molar-refractivity contribution < 1.29 is 0 Å². The lowest BCUT2D eigenvalue weighted by atomic mass is 9.94. The van der Waals surface area contributed by atoms with Gasteiger partial charge in [0.05, 0.1) is 0 Å². The highest BCUT2D eigenvalue weighted by Crippen LogP contribution is 2.27. The maximum atomic E-state index is 6.34. The largest absolute Gasteiger partial charge is 0.338 e. The number of benzene rings is 1. The van der Waals surface area contributed by atoms with Crippen molar-refractivity contribution in [2.45, 2.75) is 25.7 Å². The van der Waals surface area contributed by atoms with Crippen LogP contribution in [0, 0.1) is 0 Å². The molecule has 4 heteroatoms. The van der Waals surface area contributed by atoms with Gasteiger partial charge in [-0.3, -0.25) is 0 Å². The molecule has 0 spiro atoms. The second-order valence-electron chi connectivity index (χ2n) is 5.02. The lowest BCUT2D eigenvalue weighted by molar-refractivity contribution is 0.550. The molecule has 1 N–H and O–H groups in total. The molecule has 0 bridgehead atoms. The molecule has 108 valence electrons. The fourth-order valence-corrected chi connectivity index (χ4v) is 2.72. The number of aromatic nitrogens is 2. The molecule has 0 radical (unpaired) electrons. The van der Waals surface area contributed by atoms with Crippen molar-refractivity contribution in [3.8, 4) is 0 Å². The minimum atomic E-state index is 0.417. The molecule has 0 saturated carbocycles. The fraction of sp³-hybridized carbons (Fsp3) is 0.438. The van der Waals surface area contributed by atoms with Gasteiger partial charge < -0.3 is 9.88 Å². The molecule has 3 nitrogen and oxygen atoms in total. The monoisotopic (exact) mass is 291 g/mol. The first-order chi connectivity index (χ1) is 9.72. The molecule has 0 aliphatic carbocycles. The molecule has 0 amide bonds. The van der Waals surface area contributed by atoms with Gasteiger partial charge in [-0.05, 0) is 30.5 Å². The molecular formula is C16H22ClN3. The molecule has 1 unspecified atom stereocenters. The van der Waals surface area contributed by atoms with Gasteiger partial charge in [0.1, 0.15) is 5.82 Å². The second-order valence-corrected chi connectivity index (χ2v) is 5.43. The minimum Gasteiger partial charge on any atom is -0.338 e. The Morgan fingerprint density at radius 3 is 2.80 bits per heavy atom. The summed E-state index contributed by atoms with van der Waals surface area (Å²) in [5.74, 6) is 1.54. The minimum absolute atomic E-state index is 0.417. The predicted octanol–water partition coefficient (Wildman–Crippen LogP) is 3.40. The SMILES string of the molecule is CCNCC(CCc1nccn1C)c1ccccc1Cl. The van der Waals surface area contributed by atoms with Gasteiger partial charge in [-0.15, -0.1) is 0 Å². The van der Waals surface area contributed by atoms with Crippen LogP contribution >= 0.6 is 11.6 Å². The maximum Gasteiger partial charge on any atom is 0.108 e. The smallest absolute Gasteiger partial charge is 0.108 e. The zero-order valence-corrected chi connectivity index (χ0v) is 12.9. The van der Waals surface area contributed by atoms with Crippen molar-refractivity contribution in [2.24, 2.45) is 7.05 Å². The molecule has 2 rings (SSSR count). The highest BCUT2D eigenvalue weighted by atomic mass is 35.5. The highest BCUT2D eigenvalue weighted by molar-refractivity contribution is 6.31. The summed E-state index contributed by atoms with van der Waals surface area (Å²) >= 11 is 6.34. The van der Waals surface area contributed by atoms with E-state index >= 15 is 0 Å². The van der Waals surface area contributed by atoms with Crippen LogP contribution in [0.25, 0.3) is 0 Å². The zero-order valence-electron chi connectivity index (χ0n) is 12.1. The highest BCUT2D eigenvalue weighted by Gasteiger charge is 2.15. The topological polar surface area (TPSA) is 29.9 Å². The number of nitrogens with zero attached hydrogens (tertiary/aromatic N) is 2. The van der Waals surface area contributed by atoms with Crippen LogP contribution in [-0.2, 0) is 13.5 Å². The van der Waals surface area contributed by atoms with E-state index in [1.54, 1.807) is 0 Å². The molecule has 0 fully saturated rings. The number of rotatable bonds is 7. The lowest BCUT2D eigenvalue weighted by Gasteiger charge is -2.19. The van der Waals surface area contributed by atoms with Gasteiger partial charge in [0.25, 0.3) is 0 Å². The first-order valence-corrected chi connectivity index (χ1v) is 7.51. The summed E-state index contributed by atoms with van der Waals surface area (Å²) in [5.41, 5.74) is 1.23. The molecule has 20 heavy (non-hydrogen) atoms. The standard InChI is InChI=1S/C16H22ClN3/c1-3-18-12-13(14-6-4-5-7-15(14)17)8-9-16-19-10-11-20(16)2/h4-7,10-11,13,18H,3,8-9,12H2,1-2H3. The predicted molar refractivity (Wildman–Crippen MR) is 84.3 cm³/mol. The number of hydrogen-bond acceptors (Lipinski definition) is 2. The Bertz CT molecular complexity index is 536. The van der Waals surface area contributed by atoms with Crippen molar-refractivity contribution in [1.82, 2.24) is 14.9 Å². The van der Waals surface area contributed by atoms with Crippen molar-refractivity contribution >= 4 is 11.6 Å². The van der Waals surface area contributed by atoms with Gasteiger partial charge in [-0.1, -0.05) is 36.7 Å². The number of hydrogen-bond donors (Lipinski definition) is 1. The van der Waals surface area contributed by atoms with Gasteiger partial charge in [-0.2, -0.15) is 0 Å². The molecule has 1 aromatic carbocycles. The van der Waals surface area contributed by atoms with Crippen molar-refractivity contribution in [2.75, 3.05) is 13.1 Å². The Balaban J connectivity index is 2.08. The quantitative estimate of drug-likeness (QED) is 0.847. The number of halogens is 1. The summed E-state index contributed by atoms with van der Waals surface area (Å²) in [5, 5.41) is 4.29. The fourth-order valence-electron chi connectivity index (χ4n) is 2.43. The van der Waals surface area contributed by atoms with Crippen molar-refractivity contribution in [3.05, 3.63) is 53.1 Å². The lowest BCUT2D eigenvalue weighted by Crippen LogP contribution is -2.22. The van der Waals surface area contributed by atoms with E-state index < -0.39 is 0 Å². The first kappa shape index (κ1) is 15.1. The summed E-state index contributed by atoms with van der Waals surface area (Å²) in [6.45, 7) is 4.05. The molecule has 1 atom stereocenters. The summed E-state index contributed by atoms with van der Waals surface area (Å²) in [6.07, 6.45) is 5.85. The van der Waals surface area contributed by atoms with Crippen LogP contribution in [-0.4, -0.2) is 22.6 Å². The zero-order chi connectivity index (χ0) is 14.4. The molecule has 2 aromatic rings. The molecule has 1 heterocycles. The van der Waals surface area contributed by atoms with Gasteiger partial charge in [0.2, 0.25) is 0 Å². The van der Waals surface area contributed by atoms with Crippen LogP contribution < -0.4 is 5.32 Å². The molecule has 0 aliphatic heterocycles. The average Bonchev–Trinajstić information content (AvgIpc) is 2.86. The Kier molecular flexibility index (Phi) is 5.62. The first-order valence-electron chi connectivity index (χ1n) is 7.13. The van der Waals surface area contributed by atoms with Crippen LogP contribution in [0.1, 0.15) is 30.7 Å². The molecule has 1 aromatic heterocycles. The van der Waals surface area contributed by atoms with E-state index in [1.807, 2.05) is 31.6 Å². The van der Waals surface area contributed by atoms with E-state index in [1.165, 1.54) is 5.56 Å². The van der Waals surface area contributed by atoms with Crippen LogP contribution in [0.4, 0.5) is 0 Å². The van der Waals surface area contributed by atoms with E-state index in [0.717, 1.165) is 36.8 Å². The summed E-state index contributed by atoms with van der Waals surface area (Å²) < 4.78 is 2.08. The Morgan fingerprint density at radius 2 is 2.15 bits per heavy atom. The summed E-state index contributed by atoms with van der Waals surface area (Å²) in [7, 11) is 2.04. The molecule has 0 saturated heterocycles. The number of imidazole rings is 1. The number of nitrogens with one attached hydrogen (secondary N) is 1. The number of likely N-dealkylation sites (N-methyl/N-ethyl adjacent to an activating group) is 1. The summed E-state index contributed by atoms with van der Waals surface area (Å²) in [4.78, 5) is 4.39. The Labute approximate surface area is 126 Å². The van der Waals surface area contributed by atoms with Gasteiger partial charge in [0.15, 0.2) is 0 Å². The van der Waals surface area contributed by atoms with E-state index in [0.29, 0.717) is 5.92 Å². The van der Waals surface area contributed by atoms with E-state index in [4.69, 9.17) is 11.6 Å². The van der Waals surface area contributed by atoms with Crippen LogP contribution in [0.2, 0.25) is 5.02 Å². The third-order valence-corrected chi connectivity index (χ3v) is 3.97. The molecule has 0 aliphatic rings. The van der Waals surface area contributed by atoms with Gasteiger partial charge in [-0.25, -0.2) is 4.98 Å². The van der Waals surface area contributed by atoms with Crippen molar-refractivity contribution in [1.29, 1.82) is 0 Å². The van der Waals surface area contributed by atoms with E-state index in [9.17, 15) is 0 Å². The van der Waals surface area contributed by atoms with E-state index in [2.05, 4.69) is 33.9 Å². The van der Waals surface area contributed by atoms with Crippen LogP contribution in [0.15, 0.2) is 36.7 Å². The van der Waals surface area contributed by atoms with E-state index in [-0.39, 0.29) is 0 Å².